The summed E-state index contributed by atoms with van der Waals surface area (Å²) in [6, 6.07) is 0. The van der Waals surface area contributed by atoms with E-state index < -0.39 is 5.60 Å². The molecule has 0 amide bonds. The van der Waals surface area contributed by atoms with Crippen LogP contribution in [0.2, 0.25) is 0 Å². The summed E-state index contributed by atoms with van der Waals surface area (Å²) in [6.45, 7) is 11.0. The molecule has 0 heterocycles. The van der Waals surface area contributed by atoms with Gasteiger partial charge < -0.3 is 15.3 Å². The lowest BCUT2D eigenvalue weighted by molar-refractivity contribution is 0.0109. The average Bonchev–Trinajstić information content (AvgIpc) is 2.99. The third-order valence-corrected chi connectivity index (χ3v) is 8.95. The Morgan fingerprint density at radius 2 is 1.60 bits per heavy atom. The van der Waals surface area contributed by atoms with Crippen molar-refractivity contribution >= 4 is 0 Å². The SMILES string of the molecule is CC(CCCC1(C)CCC[C@@H]1CCC[C@H](C)C(C)(C)O)CCC1CC(O)C[C@H](O)C1. The van der Waals surface area contributed by atoms with Gasteiger partial charge in [0, 0.05) is 0 Å². The van der Waals surface area contributed by atoms with Crippen molar-refractivity contribution < 1.29 is 15.3 Å². The van der Waals surface area contributed by atoms with Crippen LogP contribution in [0.15, 0.2) is 0 Å². The van der Waals surface area contributed by atoms with Crippen molar-refractivity contribution in [1.82, 2.24) is 0 Å². The lowest BCUT2D eigenvalue weighted by Gasteiger charge is -2.33. The molecule has 7 atom stereocenters. The van der Waals surface area contributed by atoms with E-state index in [0.717, 1.165) is 37.5 Å². The molecule has 0 spiro atoms. The second-order valence-electron chi connectivity index (χ2n) is 12.2. The van der Waals surface area contributed by atoms with Gasteiger partial charge in [0.1, 0.15) is 0 Å². The second kappa shape index (κ2) is 11.7. The number of aliphatic hydroxyl groups excluding tert-OH is 2. The molecule has 2 fully saturated rings. The van der Waals surface area contributed by atoms with Crippen LogP contribution in [0.1, 0.15) is 125 Å². The van der Waals surface area contributed by atoms with Crippen LogP contribution < -0.4 is 0 Å². The maximum atomic E-state index is 10.2. The van der Waals surface area contributed by atoms with Crippen molar-refractivity contribution in [2.45, 2.75) is 142 Å². The van der Waals surface area contributed by atoms with Gasteiger partial charge in [0.05, 0.1) is 17.8 Å². The van der Waals surface area contributed by atoms with Crippen molar-refractivity contribution in [3.8, 4) is 0 Å². The molecule has 2 rings (SSSR count). The average molecular weight is 425 g/mol. The quantitative estimate of drug-likeness (QED) is 0.336. The first-order valence-electron chi connectivity index (χ1n) is 13.1. The van der Waals surface area contributed by atoms with Crippen molar-refractivity contribution in [1.29, 1.82) is 0 Å². The molecule has 3 heteroatoms. The molecule has 3 nitrogen and oxygen atoms in total. The third kappa shape index (κ3) is 8.43. The van der Waals surface area contributed by atoms with Crippen LogP contribution in [-0.4, -0.2) is 33.1 Å². The number of aliphatic hydroxyl groups is 3. The predicted molar refractivity (Wildman–Crippen MR) is 126 cm³/mol. The summed E-state index contributed by atoms with van der Waals surface area (Å²) in [7, 11) is 0. The van der Waals surface area contributed by atoms with E-state index in [9.17, 15) is 15.3 Å². The fraction of sp³-hybridized carbons (Fsp3) is 1.00. The lowest BCUT2D eigenvalue weighted by Crippen LogP contribution is -2.29. The van der Waals surface area contributed by atoms with Crippen LogP contribution in [0.3, 0.4) is 0 Å². The summed E-state index contributed by atoms with van der Waals surface area (Å²) in [5, 5.41) is 30.0. The smallest absolute Gasteiger partial charge is 0.0617 e. The molecule has 0 aromatic rings. The zero-order valence-electron chi connectivity index (χ0n) is 20.7. The van der Waals surface area contributed by atoms with E-state index in [4.69, 9.17) is 0 Å². The van der Waals surface area contributed by atoms with Gasteiger partial charge in [0.25, 0.3) is 0 Å². The summed E-state index contributed by atoms with van der Waals surface area (Å²) in [4.78, 5) is 0. The third-order valence-electron chi connectivity index (χ3n) is 8.95. The zero-order chi connectivity index (χ0) is 22.4. The zero-order valence-corrected chi connectivity index (χ0v) is 20.7. The maximum Gasteiger partial charge on any atom is 0.0617 e. The Morgan fingerprint density at radius 3 is 2.23 bits per heavy atom. The second-order valence-corrected chi connectivity index (χ2v) is 12.2. The number of rotatable bonds is 12. The highest BCUT2D eigenvalue weighted by molar-refractivity contribution is 4.89. The van der Waals surface area contributed by atoms with Gasteiger partial charge >= 0.3 is 0 Å². The van der Waals surface area contributed by atoms with E-state index in [2.05, 4.69) is 20.8 Å². The molecule has 30 heavy (non-hydrogen) atoms. The van der Waals surface area contributed by atoms with E-state index in [1.807, 2.05) is 13.8 Å². The first-order valence-corrected chi connectivity index (χ1v) is 13.1. The summed E-state index contributed by atoms with van der Waals surface area (Å²) in [6.07, 6.45) is 16.1. The molecular weight excluding hydrogens is 372 g/mol. The highest BCUT2D eigenvalue weighted by Crippen LogP contribution is 2.49. The summed E-state index contributed by atoms with van der Waals surface area (Å²) in [5.74, 6) is 2.50. The standard InChI is InChI=1S/C27H52O3/c1-20(13-14-22-17-24(28)19-25(29)18-22)9-7-15-27(5)16-8-12-23(27)11-6-10-21(2)26(3,4)30/h20-25,28-30H,6-19H2,1-5H3/t20?,21-,22?,23-,24+,25?,27?/m0/s1. The molecule has 4 unspecified atom stereocenters. The van der Waals surface area contributed by atoms with Crippen molar-refractivity contribution in [3.63, 3.8) is 0 Å². The van der Waals surface area contributed by atoms with E-state index in [1.54, 1.807) is 0 Å². The first-order chi connectivity index (χ1) is 14.0. The Hall–Kier alpha value is -0.120. The van der Waals surface area contributed by atoms with Gasteiger partial charge in [-0.1, -0.05) is 59.3 Å². The lowest BCUT2D eigenvalue weighted by atomic mass is 9.72. The van der Waals surface area contributed by atoms with Crippen molar-refractivity contribution in [3.05, 3.63) is 0 Å². The van der Waals surface area contributed by atoms with Crippen molar-refractivity contribution in [2.75, 3.05) is 0 Å². The molecular formula is C27H52O3. The molecule has 0 saturated heterocycles. The van der Waals surface area contributed by atoms with Crippen LogP contribution >= 0.6 is 0 Å². The van der Waals surface area contributed by atoms with E-state index in [0.29, 0.717) is 23.7 Å². The fourth-order valence-electron chi connectivity index (χ4n) is 6.28. The van der Waals surface area contributed by atoms with E-state index in [1.165, 1.54) is 57.8 Å². The van der Waals surface area contributed by atoms with Crippen LogP contribution in [-0.2, 0) is 0 Å². The van der Waals surface area contributed by atoms with Gasteiger partial charge in [-0.15, -0.1) is 0 Å². The number of hydrogen-bond donors (Lipinski definition) is 3. The van der Waals surface area contributed by atoms with E-state index in [-0.39, 0.29) is 12.2 Å². The van der Waals surface area contributed by atoms with Gasteiger partial charge in [-0.2, -0.15) is 0 Å². The molecule has 0 aromatic heterocycles. The largest absolute Gasteiger partial charge is 0.393 e. The van der Waals surface area contributed by atoms with E-state index >= 15 is 0 Å². The van der Waals surface area contributed by atoms with Crippen LogP contribution in [0.5, 0.6) is 0 Å². The molecule has 2 aliphatic rings. The summed E-state index contributed by atoms with van der Waals surface area (Å²) < 4.78 is 0. The fourth-order valence-corrected chi connectivity index (χ4v) is 6.28. The molecule has 2 saturated carbocycles. The van der Waals surface area contributed by atoms with Gasteiger partial charge in [0.15, 0.2) is 0 Å². The van der Waals surface area contributed by atoms with Gasteiger partial charge in [0.2, 0.25) is 0 Å². The molecule has 0 bridgehead atoms. The molecule has 0 aromatic carbocycles. The molecule has 178 valence electrons. The Balaban J connectivity index is 1.65. The van der Waals surface area contributed by atoms with Gasteiger partial charge in [-0.25, -0.2) is 0 Å². The Labute approximate surface area is 187 Å². The molecule has 0 radical (unpaired) electrons. The van der Waals surface area contributed by atoms with Crippen LogP contribution in [0, 0.1) is 29.1 Å². The Morgan fingerprint density at radius 1 is 0.933 bits per heavy atom. The highest BCUT2D eigenvalue weighted by atomic mass is 16.3. The minimum Gasteiger partial charge on any atom is -0.393 e. The monoisotopic (exact) mass is 424 g/mol. The van der Waals surface area contributed by atoms with Gasteiger partial charge in [-0.05, 0) is 94.3 Å². The van der Waals surface area contributed by atoms with Crippen LogP contribution in [0.4, 0.5) is 0 Å². The minimum absolute atomic E-state index is 0.292. The first kappa shape index (κ1) is 26.1. The van der Waals surface area contributed by atoms with Crippen molar-refractivity contribution in [2.24, 2.45) is 29.1 Å². The normalized spacial score (nSPS) is 34.8. The number of hydrogen-bond acceptors (Lipinski definition) is 3. The summed E-state index contributed by atoms with van der Waals surface area (Å²) in [5.41, 5.74) is -0.0296. The predicted octanol–water partition coefficient (Wildman–Crippen LogP) is 6.48. The minimum atomic E-state index is -0.553. The topological polar surface area (TPSA) is 60.7 Å². The van der Waals surface area contributed by atoms with Gasteiger partial charge in [-0.3, -0.25) is 0 Å². The van der Waals surface area contributed by atoms with Crippen LogP contribution in [0.25, 0.3) is 0 Å². The Kier molecular flexibility index (Phi) is 10.2. The Bertz CT molecular complexity index is 475. The molecule has 0 aliphatic heterocycles. The highest BCUT2D eigenvalue weighted by Gasteiger charge is 2.37. The molecule has 3 N–H and O–H groups in total. The molecule has 2 aliphatic carbocycles. The maximum absolute atomic E-state index is 10.2. The summed E-state index contributed by atoms with van der Waals surface area (Å²) >= 11 is 0.